The summed E-state index contributed by atoms with van der Waals surface area (Å²) < 4.78 is 19.9. The van der Waals surface area contributed by atoms with Crippen LogP contribution in [0, 0.1) is 22.9 Å². The second-order valence-electron chi connectivity index (χ2n) is 6.55. The van der Waals surface area contributed by atoms with Gasteiger partial charge in [0.25, 0.3) is 5.69 Å². The molecular formula is C18H19FN2O5. The number of rotatable bonds is 6. The van der Waals surface area contributed by atoms with Crippen molar-refractivity contribution in [2.75, 3.05) is 0 Å². The van der Waals surface area contributed by atoms with Crippen LogP contribution in [-0.4, -0.2) is 21.7 Å². The molecule has 2 rings (SSSR count). The summed E-state index contributed by atoms with van der Waals surface area (Å²) >= 11 is 0. The van der Waals surface area contributed by atoms with Crippen molar-refractivity contribution in [3.8, 4) is 11.5 Å². The van der Waals surface area contributed by atoms with E-state index in [0.29, 0.717) is 16.9 Å². The molecule has 0 unspecified atom stereocenters. The molecule has 0 fully saturated rings. The maximum absolute atomic E-state index is 14.3. The monoisotopic (exact) mass is 362 g/mol. The van der Waals surface area contributed by atoms with Crippen molar-refractivity contribution >= 4 is 11.8 Å². The van der Waals surface area contributed by atoms with Gasteiger partial charge in [-0.05, 0) is 50.5 Å². The van der Waals surface area contributed by atoms with E-state index in [1.165, 1.54) is 30.3 Å². The van der Waals surface area contributed by atoms with Gasteiger partial charge in [0.05, 0.1) is 4.92 Å². The Kier molecular flexibility index (Phi) is 5.44. The van der Waals surface area contributed by atoms with E-state index in [1.807, 2.05) is 0 Å². The van der Waals surface area contributed by atoms with Crippen LogP contribution in [-0.2, 0) is 6.42 Å². The van der Waals surface area contributed by atoms with Gasteiger partial charge >= 0.3 is 6.09 Å². The minimum Gasteiger partial charge on any atom is -0.465 e. The van der Waals surface area contributed by atoms with Crippen molar-refractivity contribution in [1.29, 1.82) is 0 Å². The van der Waals surface area contributed by atoms with Gasteiger partial charge in [0.15, 0.2) is 0 Å². The first-order valence-electron chi connectivity index (χ1n) is 7.80. The Hall–Kier alpha value is -3.16. The van der Waals surface area contributed by atoms with Crippen molar-refractivity contribution in [3.05, 3.63) is 63.5 Å². The summed E-state index contributed by atoms with van der Waals surface area (Å²) in [6.07, 6.45) is -1.01. The molecule has 0 heterocycles. The topological polar surface area (TPSA) is 102 Å². The Morgan fingerprint density at radius 2 is 2.00 bits per heavy atom. The second-order valence-corrected chi connectivity index (χ2v) is 6.55. The fourth-order valence-corrected chi connectivity index (χ4v) is 2.53. The van der Waals surface area contributed by atoms with Gasteiger partial charge in [-0.1, -0.05) is 6.07 Å². The lowest BCUT2D eigenvalue weighted by Gasteiger charge is -2.25. The number of aryl methyl sites for hydroxylation is 1. The summed E-state index contributed by atoms with van der Waals surface area (Å²) in [5.41, 5.74) is 0.0147. The molecule has 0 aliphatic carbocycles. The number of carboxylic acid groups (broad SMARTS) is 1. The van der Waals surface area contributed by atoms with Crippen LogP contribution >= 0.6 is 0 Å². The Balaban J connectivity index is 2.17. The highest BCUT2D eigenvalue weighted by Crippen LogP contribution is 2.29. The number of ether oxygens (including phenoxy) is 1. The molecule has 1 amide bonds. The number of carbonyl (C=O) groups is 1. The summed E-state index contributed by atoms with van der Waals surface area (Å²) in [4.78, 5) is 21.0. The summed E-state index contributed by atoms with van der Waals surface area (Å²) in [5.74, 6) is 0.102. The number of hydrogen-bond acceptors (Lipinski definition) is 4. The molecule has 7 nitrogen and oxygen atoms in total. The number of hydrogen-bond donors (Lipinski definition) is 2. The van der Waals surface area contributed by atoms with Crippen molar-refractivity contribution in [3.63, 3.8) is 0 Å². The van der Waals surface area contributed by atoms with E-state index >= 15 is 0 Å². The predicted octanol–water partition coefficient (Wildman–Crippen LogP) is 4.42. The summed E-state index contributed by atoms with van der Waals surface area (Å²) in [6.45, 7) is 4.98. The van der Waals surface area contributed by atoms with Gasteiger partial charge in [0.2, 0.25) is 0 Å². The standard InChI is InChI=1S/C18H19FN2O5/c1-11-8-13(21(24)25)5-7-16(11)26-14-6-4-12(15(19)9-14)10-18(2,3)20-17(22)23/h4-9,20H,10H2,1-3H3,(H,22,23). The molecule has 0 spiro atoms. The van der Waals surface area contributed by atoms with Crippen LogP contribution < -0.4 is 10.1 Å². The molecule has 0 aromatic heterocycles. The lowest BCUT2D eigenvalue weighted by Crippen LogP contribution is -2.44. The molecule has 0 aliphatic heterocycles. The van der Waals surface area contributed by atoms with Crippen LogP contribution in [0.15, 0.2) is 36.4 Å². The van der Waals surface area contributed by atoms with Crippen LogP contribution in [0.1, 0.15) is 25.0 Å². The molecule has 0 saturated carbocycles. The summed E-state index contributed by atoms with van der Waals surface area (Å²) in [7, 11) is 0. The first-order valence-corrected chi connectivity index (χ1v) is 7.80. The highest BCUT2D eigenvalue weighted by Gasteiger charge is 2.22. The Morgan fingerprint density at radius 1 is 1.31 bits per heavy atom. The fourth-order valence-electron chi connectivity index (χ4n) is 2.53. The van der Waals surface area contributed by atoms with E-state index < -0.39 is 22.4 Å². The van der Waals surface area contributed by atoms with Gasteiger partial charge in [-0.15, -0.1) is 0 Å². The number of nitro groups is 1. The molecule has 8 heteroatoms. The molecule has 2 aromatic carbocycles. The molecule has 0 saturated heterocycles. The highest BCUT2D eigenvalue weighted by atomic mass is 19.1. The minimum atomic E-state index is -1.18. The van der Waals surface area contributed by atoms with Crippen LogP contribution in [0.25, 0.3) is 0 Å². The zero-order valence-corrected chi connectivity index (χ0v) is 14.6. The van der Waals surface area contributed by atoms with Gasteiger partial charge in [-0.2, -0.15) is 0 Å². The third kappa shape index (κ3) is 4.92. The molecule has 138 valence electrons. The van der Waals surface area contributed by atoms with Crippen LogP contribution in [0.2, 0.25) is 0 Å². The van der Waals surface area contributed by atoms with E-state index in [2.05, 4.69) is 5.32 Å². The van der Waals surface area contributed by atoms with Crippen LogP contribution in [0.5, 0.6) is 11.5 Å². The molecule has 2 N–H and O–H groups in total. The van der Waals surface area contributed by atoms with Crippen molar-refractivity contribution in [1.82, 2.24) is 5.32 Å². The average Bonchev–Trinajstić information content (AvgIpc) is 2.50. The largest absolute Gasteiger partial charge is 0.465 e. The number of benzene rings is 2. The maximum Gasteiger partial charge on any atom is 0.405 e. The number of amides is 1. The number of halogens is 1. The quantitative estimate of drug-likeness (QED) is 0.585. The van der Waals surface area contributed by atoms with Crippen LogP contribution in [0.4, 0.5) is 14.9 Å². The summed E-state index contributed by atoms with van der Waals surface area (Å²) in [5, 5.41) is 21.9. The van der Waals surface area contributed by atoms with E-state index in [9.17, 15) is 19.3 Å². The Bertz CT molecular complexity index is 851. The lowest BCUT2D eigenvalue weighted by molar-refractivity contribution is -0.384. The lowest BCUT2D eigenvalue weighted by atomic mass is 9.94. The molecule has 0 aliphatic rings. The normalized spacial score (nSPS) is 11.1. The highest BCUT2D eigenvalue weighted by molar-refractivity contribution is 5.65. The molecule has 26 heavy (non-hydrogen) atoms. The van der Waals surface area contributed by atoms with Gasteiger partial charge in [-0.3, -0.25) is 10.1 Å². The van der Waals surface area contributed by atoms with Gasteiger partial charge in [0, 0.05) is 23.7 Å². The van der Waals surface area contributed by atoms with Crippen molar-refractivity contribution in [2.24, 2.45) is 0 Å². The predicted molar refractivity (Wildman–Crippen MR) is 93.3 cm³/mol. The number of non-ortho nitro benzene ring substituents is 1. The average molecular weight is 362 g/mol. The zero-order chi connectivity index (χ0) is 19.5. The number of nitro benzene ring substituents is 1. The SMILES string of the molecule is Cc1cc([N+](=O)[O-])ccc1Oc1ccc(CC(C)(C)NC(=O)O)c(F)c1. The van der Waals surface area contributed by atoms with Gasteiger partial charge in [0.1, 0.15) is 17.3 Å². The van der Waals surface area contributed by atoms with E-state index in [1.54, 1.807) is 26.8 Å². The first kappa shape index (κ1) is 19.2. The second kappa shape index (κ2) is 7.38. The summed E-state index contributed by atoms with van der Waals surface area (Å²) in [6, 6.07) is 8.44. The van der Waals surface area contributed by atoms with Crippen molar-refractivity contribution in [2.45, 2.75) is 32.7 Å². The minimum absolute atomic E-state index is 0.0514. The smallest absolute Gasteiger partial charge is 0.405 e. The molecule has 0 radical (unpaired) electrons. The van der Waals surface area contributed by atoms with Gasteiger partial charge in [-0.25, -0.2) is 9.18 Å². The van der Waals surface area contributed by atoms with Crippen molar-refractivity contribution < 1.29 is 24.0 Å². The Morgan fingerprint density at radius 3 is 2.54 bits per heavy atom. The third-order valence-corrected chi connectivity index (χ3v) is 3.70. The van der Waals surface area contributed by atoms with E-state index in [0.717, 1.165) is 0 Å². The molecule has 0 bridgehead atoms. The Labute approximate surface area is 149 Å². The molecule has 2 aromatic rings. The zero-order valence-electron chi connectivity index (χ0n) is 14.6. The molecule has 0 atom stereocenters. The number of nitrogens with zero attached hydrogens (tertiary/aromatic N) is 1. The van der Waals surface area contributed by atoms with Gasteiger partial charge < -0.3 is 15.2 Å². The number of nitrogens with one attached hydrogen (secondary N) is 1. The maximum atomic E-state index is 14.3. The third-order valence-electron chi connectivity index (χ3n) is 3.70. The van der Waals surface area contributed by atoms with Crippen LogP contribution in [0.3, 0.4) is 0 Å². The van der Waals surface area contributed by atoms with E-state index in [4.69, 9.17) is 9.84 Å². The van der Waals surface area contributed by atoms with E-state index in [-0.39, 0.29) is 17.9 Å². The molecular weight excluding hydrogens is 343 g/mol. The fraction of sp³-hybridized carbons (Fsp3) is 0.278. The first-order chi connectivity index (χ1) is 12.1.